The van der Waals surface area contributed by atoms with Gasteiger partial charge in [0.05, 0.1) is 27.8 Å². The molecule has 138 valence electrons. The fourth-order valence-corrected chi connectivity index (χ4v) is 2.92. The summed E-state index contributed by atoms with van der Waals surface area (Å²) in [5, 5.41) is 21.7. The molecule has 10 heteroatoms. The van der Waals surface area contributed by atoms with Crippen molar-refractivity contribution in [3.05, 3.63) is 75.1 Å². The highest BCUT2D eigenvalue weighted by atomic mass is 35.5. The Bertz CT molecular complexity index is 965. The number of nitro benzene ring substituents is 1. The predicted octanol–water partition coefficient (Wildman–Crippen LogP) is 3.95. The number of amides is 1. The molecule has 1 N–H and O–H groups in total. The van der Waals surface area contributed by atoms with Crippen LogP contribution in [0.4, 0.5) is 11.4 Å². The molecule has 0 saturated heterocycles. The SMILES string of the molecule is O=C(CSc1nnc(Cc2ccccc2)o1)Nc1cc([N+](=O)[O-])ccc1Cl. The lowest BCUT2D eigenvalue weighted by atomic mass is 10.2. The number of nitrogens with zero attached hydrogens (tertiary/aromatic N) is 3. The molecule has 1 heterocycles. The van der Waals surface area contributed by atoms with Crippen LogP contribution in [0.2, 0.25) is 5.02 Å². The highest BCUT2D eigenvalue weighted by molar-refractivity contribution is 7.99. The Morgan fingerprint density at radius 2 is 2.00 bits per heavy atom. The van der Waals surface area contributed by atoms with Gasteiger partial charge in [-0.2, -0.15) is 0 Å². The summed E-state index contributed by atoms with van der Waals surface area (Å²) >= 11 is 7.02. The maximum Gasteiger partial charge on any atom is 0.277 e. The zero-order valence-corrected chi connectivity index (χ0v) is 15.4. The molecule has 0 atom stereocenters. The number of non-ortho nitro benzene ring substituents is 1. The summed E-state index contributed by atoms with van der Waals surface area (Å²) < 4.78 is 5.51. The van der Waals surface area contributed by atoms with Crippen LogP contribution in [0.5, 0.6) is 0 Å². The number of anilines is 1. The Hall–Kier alpha value is -2.91. The van der Waals surface area contributed by atoms with Crippen molar-refractivity contribution >= 4 is 40.6 Å². The van der Waals surface area contributed by atoms with E-state index in [1.54, 1.807) is 0 Å². The molecule has 0 spiro atoms. The number of nitrogens with one attached hydrogen (secondary N) is 1. The highest BCUT2D eigenvalue weighted by Crippen LogP contribution is 2.27. The van der Waals surface area contributed by atoms with Gasteiger partial charge in [-0.3, -0.25) is 14.9 Å². The molecule has 8 nitrogen and oxygen atoms in total. The molecule has 0 aliphatic rings. The lowest BCUT2D eigenvalue weighted by molar-refractivity contribution is -0.384. The molecule has 3 aromatic rings. The third kappa shape index (κ3) is 5.28. The van der Waals surface area contributed by atoms with Crippen molar-refractivity contribution in [1.82, 2.24) is 10.2 Å². The number of aromatic nitrogens is 2. The Balaban J connectivity index is 1.55. The fraction of sp³-hybridized carbons (Fsp3) is 0.118. The minimum Gasteiger partial charge on any atom is -0.416 e. The van der Waals surface area contributed by atoms with Gasteiger partial charge >= 0.3 is 0 Å². The van der Waals surface area contributed by atoms with E-state index in [0.717, 1.165) is 17.3 Å². The van der Waals surface area contributed by atoms with E-state index < -0.39 is 10.8 Å². The molecule has 1 amide bonds. The molecular weight excluding hydrogens is 392 g/mol. The second-order valence-corrected chi connectivity index (χ2v) is 6.72. The van der Waals surface area contributed by atoms with Gasteiger partial charge in [-0.15, -0.1) is 10.2 Å². The number of hydrogen-bond acceptors (Lipinski definition) is 7. The van der Waals surface area contributed by atoms with Crippen LogP contribution in [0.25, 0.3) is 0 Å². The van der Waals surface area contributed by atoms with Crippen molar-refractivity contribution in [3.8, 4) is 0 Å². The first-order valence-electron chi connectivity index (χ1n) is 7.74. The first kappa shape index (κ1) is 18.9. The van der Waals surface area contributed by atoms with E-state index in [1.165, 1.54) is 18.2 Å². The van der Waals surface area contributed by atoms with Crippen molar-refractivity contribution in [2.24, 2.45) is 0 Å². The topological polar surface area (TPSA) is 111 Å². The second-order valence-electron chi connectivity index (χ2n) is 5.38. The Morgan fingerprint density at radius 3 is 2.74 bits per heavy atom. The third-order valence-corrected chi connectivity index (χ3v) is 4.56. The summed E-state index contributed by atoms with van der Waals surface area (Å²) in [6, 6.07) is 13.5. The second kappa shape index (κ2) is 8.65. The molecule has 1 aromatic heterocycles. The summed E-state index contributed by atoms with van der Waals surface area (Å²) in [6.45, 7) is 0. The largest absolute Gasteiger partial charge is 0.416 e. The van der Waals surface area contributed by atoms with Crippen LogP contribution in [-0.4, -0.2) is 26.8 Å². The first-order valence-corrected chi connectivity index (χ1v) is 9.10. The van der Waals surface area contributed by atoms with Crippen molar-refractivity contribution in [1.29, 1.82) is 0 Å². The van der Waals surface area contributed by atoms with Crippen LogP contribution in [-0.2, 0) is 11.2 Å². The van der Waals surface area contributed by atoms with E-state index in [4.69, 9.17) is 16.0 Å². The molecule has 0 unspecified atom stereocenters. The molecule has 0 fully saturated rings. The Morgan fingerprint density at radius 1 is 1.22 bits per heavy atom. The van der Waals surface area contributed by atoms with E-state index in [-0.39, 0.29) is 27.4 Å². The summed E-state index contributed by atoms with van der Waals surface area (Å²) in [5.41, 5.74) is 1.05. The van der Waals surface area contributed by atoms with Gasteiger partial charge < -0.3 is 9.73 Å². The van der Waals surface area contributed by atoms with Gasteiger partial charge in [-0.05, 0) is 11.6 Å². The average Bonchev–Trinajstić information content (AvgIpc) is 3.10. The summed E-state index contributed by atoms with van der Waals surface area (Å²) in [5.74, 6) is 0.0439. The number of hydrogen-bond donors (Lipinski definition) is 1. The quantitative estimate of drug-likeness (QED) is 0.360. The Labute approximate surface area is 163 Å². The minimum absolute atomic E-state index is 0.00795. The molecule has 0 aliphatic heterocycles. The van der Waals surface area contributed by atoms with E-state index in [1.807, 2.05) is 30.3 Å². The zero-order valence-electron chi connectivity index (χ0n) is 13.8. The van der Waals surface area contributed by atoms with Crippen molar-refractivity contribution < 1.29 is 14.1 Å². The van der Waals surface area contributed by atoms with Crippen LogP contribution in [0.1, 0.15) is 11.5 Å². The van der Waals surface area contributed by atoms with Gasteiger partial charge in [0, 0.05) is 12.1 Å². The monoisotopic (exact) mass is 404 g/mol. The van der Waals surface area contributed by atoms with Gasteiger partial charge in [0.15, 0.2) is 0 Å². The Kier molecular flexibility index (Phi) is 6.05. The molecule has 27 heavy (non-hydrogen) atoms. The van der Waals surface area contributed by atoms with Crippen LogP contribution in [0.15, 0.2) is 58.2 Å². The lowest BCUT2D eigenvalue weighted by Crippen LogP contribution is -2.14. The average molecular weight is 405 g/mol. The first-order chi connectivity index (χ1) is 13.0. The van der Waals surface area contributed by atoms with E-state index >= 15 is 0 Å². The van der Waals surface area contributed by atoms with Crippen molar-refractivity contribution in [3.63, 3.8) is 0 Å². The van der Waals surface area contributed by atoms with Gasteiger partial charge in [0.1, 0.15) is 0 Å². The molecule has 3 rings (SSSR count). The smallest absolute Gasteiger partial charge is 0.277 e. The molecule has 0 bridgehead atoms. The zero-order chi connectivity index (χ0) is 19.2. The number of halogens is 1. The maximum atomic E-state index is 12.1. The van der Waals surface area contributed by atoms with Crippen LogP contribution < -0.4 is 5.32 Å². The van der Waals surface area contributed by atoms with Gasteiger partial charge in [-0.25, -0.2) is 0 Å². The number of carbonyl (C=O) groups excluding carboxylic acids is 1. The minimum atomic E-state index is -0.562. The molecular formula is C17H13ClN4O4S. The molecule has 2 aromatic carbocycles. The molecule has 0 saturated carbocycles. The number of thioether (sulfide) groups is 1. The van der Waals surface area contributed by atoms with E-state index in [2.05, 4.69) is 15.5 Å². The van der Waals surface area contributed by atoms with Crippen molar-refractivity contribution in [2.45, 2.75) is 11.6 Å². The molecule has 0 radical (unpaired) electrons. The van der Waals surface area contributed by atoms with Gasteiger partial charge in [0.2, 0.25) is 11.8 Å². The predicted molar refractivity (Wildman–Crippen MR) is 101 cm³/mol. The fourth-order valence-electron chi connectivity index (χ4n) is 2.17. The highest BCUT2D eigenvalue weighted by Gasteiger charge is 2.14. The summed E-state index contributed by atoms with van der Waals surface area (Å²) in [6.07, 6.45) is 0.504. The number of benzene rings is 2. The summed E-state index contributed by atoms with van der Waals surface area (Å²) in [4.78, 5) is 22.3. The van der Waals surface area contributed by atoms with Gasteiger partial charge in [-0.1, -0.05) is 53.7 Å². The van der Waals surface area contributed by atoms with Crippen LogP contribution >= 0.6 is 23.4 Å². The lowest BCUT2D eigenvalue weighted by Gasteiger charge is -2.06. The van der Waals surface area contributed by atoms with E-state index in [0.29, 0.717) is 12.3 Å². The van der Waals surface area contributed by atoms with Crippen LogP contribution in [0.3, 0.4) is 0 Å². The maximum absolute atomic E-state index is 12.1. The van der Waals surface area contributed by atoms with E-state index in [9.17, 15) is 14.9 Å². The number of carbonyl (C=O) groups is 1. The summed E-state index contributed by atoms with van der Waals surface area (Å²) in [7, 11) is 0. The number of rotatable bonds is 7. The van der Waals surface area contributed by atoms with Gasteiger partial charge in [0.25, 0.3) is 10.9 Å². The molecule has 0 aliphatic carbocycles. The third-order valence-electron chi connectivity index (χ3n) is 3.41. The number of nitro groups is 1. The standard InChI is InChI=1S/C17H13ClN4O4S/c18-13-7-6-12(22(24)25)9-14(13)19-15(23)10-27-17-21-20-16(26-17)8-11-4-2-1-3-5-11/h1-7,9H,8,10H2,(H,19,23). The van der Waals surface area contributed by atoms with Crippen LogP contribution in [0, 0.1) is 10.1 Å². The van der Waals surface area contributed by atoms with Crippen molar-refractivity contribution in [2.75, 3.05) is 11.1 Å². The normalized spacial score (nSPS) is 10.6.